The first-order valence-electron chi connectivity index (χ1n) is 12.6. The third-order valence-electron chi connectivity index (χ3n) is 5.62. The van der Waals surface area contributed by atoms with Gasteiger partial charge < -0.3 is 25.5 Å². The number of hydrogen-bond acceptors (Lipinski definition) is 5. The smallest absolute Gasteiger partial charge is 0.237 e. The molecule has 198 valence electrons. The Bertz CT molecular complexity index is 748. The molecule has 7 heteroatoms. The first-order valence-corrected chi connectivity index (χ1v) is 12.6. The fourth-order valence-corrected chi connectivity index (χ4v) is 3.48. The van der Waals surface area contributed by atoms with E-state index in [1.807, 2.05) is 27.7 Å². The van der Waals surface area contributed by atoms with Crippen molar-refractivity contribution in [1.29, 1.82) is 0 Å². The van der Waals surface area contributed by atoms with Gasteiger partial charge in [0.05, 0.1) is 17.8 Å². The highest BCUT2D eigenvalue weighted by atomic mass is 19.1. The summed E-state index contributed by atoms with van der Waals surface area (Å²) in [7, 11) is 1.73. The Hall–Kier alpha value is -2.51. The van der Waals surface area contributed by atoms with Gasteiger partial charge >= 0.3 is 0 Å². The zero-order valence-electron chi connectivity index (χ0n) is 22.4. The number of hydrogen-bond donors (Lipinski definition) is 3. The average molecular weight is 492 g/mol. The molecule has 0 aliphatic carbocycles. The molecule has 1 fully saturated rings. The van der Waals surface area contributed by atoms with Crippen molar-refractivity contribution >= 4 is 12.2 Å². The molecule has 2 unspecified atom stereocenters. The molecule has 1 saturated heterocycles. The van der Waals surface area contributed by atoms with E-state index in [-0.39, 0.29) is 23.8 Å². The number of halogens is 1. The molecule has 0 bridgehead atoms. The molecule has 0 spiro atoms. The lowest BCUT2D eigenvalue weighted by molar-refractivity contribution is -0.125. The van der Waals surface area contributed by atoms with Gasteiger partial charge in [-0.05, 0) is 89.8 Å². The summed E-state index contributed by atoms with van der Waals surface area (Å²) in [6.07, 6.45) is 10.7. The Morgan fingerprint density at radius 2 is 1.80 bits per heavy atom. The molecular weight excluding hydrogens is 445 g/mol. The highest BCUT2D eigenvalue weighted by Gasteiger charge is 2.21. The van der Waals surface area contributed by atoms with Crippen molar-refractivity contribution in [2.75, 3.05) is 7.05 Å². The maximum absolute atomic E-state index is 12.8. The van der Waals surface area contributed by atoms with E-state index < -0.39 is 0 Å². The van der Waals surface area contributed by atoms with Crippen LogP contribution in [-0.2, 0) is 9.59 Å². The summed E-state index contributed by atoms with van der Waals surface area (Å²) in [5, 5.41) is 9.14. The zero-order valence-corrected chi connectivity index (χ0v) is 22.4. The van der Waals surface area contributed by atoms with Crippen LogP contribution in [-0.4, -0.2) is 43.4 Å². The molecule has 0 saturated carbocycles. The highest BCUT2D eigenvalue weighted by Crippen LogP contribution is 2.19. The predicted molar refractivity (Wildman–Crippen MR) is 143 cm³/mol. The Kier molecular flexibility index (Phi) is 18.3. The van der Waals surface area contributed by atoms with Gasteiger partial charge in [0.15, 0.2) is 0 Å². The zero-order chi connectivity index (χ0) is 26.6. The summed E-state index contributed by atoms with van der Waals surface area (Å²) in [6.45, 7) is 13.2. The van der Waals surface area contributed by atoms with Crippen LogP contribution >= 0.6 is 0 Å². The third-order valence-corrected chi connectivity index (χ3v) is 5.62. The van der Waals surface area contributed by atoms with Crippen molar-refractivity contribution in [3.8, 4) is 5.75 Å². The number of carbonyl (C=O) groups is 2. The van der Waals surface area contributed by atoms with Crippen LogP contribution in [0.4, 0.5) is 4.39 Å². The highest BCUT2D eigenvalue weighted by molar-refractivity contribution is 5.84. The Morgan fingerprint density at radius 1 is 1.20 bits per heavy atom. The number of allylic oxidation sites excluding steroid dienone is 2. The predicted octanol–water partition coefficient (Wildman–Crippen LogP) is 5.30. The molecule has 0 radical (unpaired) electrons. The van der Waals surface area contributed by atoms with E-state index in [4.69, 9.17) is 4.74 Å². The van der Waals surface area contributed by atoms with Gasteiger partial charge in [0.25, 0.3) is 0 Å². The maximum atomic E-state index is 12.8. The van der Waals surface area contributed by atoms with Crippen molar-refractivity contribution in [2.24, 2.45) is 0 Å². The largest absolute Gasteiger partial charge is 0.462 e. The summed E-state index contributed by atoms with van der Waals surface area (Å²) >= 11 is 0. The average Bonchev–Trinajstić information content (AvgIpc) is 3.32. The number of amides is 1. The van der Waals surface area contributed by atoms with Crippen LogP contribution in [0.15, 0.2) is 48.8 Å². The van der Waals surface area contributed by atoms with E-state index in [0.29, 0.717) is 24.3 Å². The van der Waals surface area contributed by atoms with Crippen LogP contribution in [0.5, 0.6) is 5.75 Å². The third kappa shape index (κ3) is 14.5. The molecule has 0 aromatic heterocycles. The van der Waals surface area contributed by atoms with E-state index in [1.165, 1.54) is 31.4 Å². The summed E-state index contributed by atoms with van der Waals surface area (Å²) in [5.41, 5.74) is 0. The molecule has 1 aliphatic rings. The molecular formula is C28H46FN3O3. The lowest BCUT2D eigenvalue weighted by Crippen LogP contribution is -2.46. The van der Waals surface area contributed by atoms with E-state index in [0.717, 1.165) is 24.9 Å². The second-order valence-electron chi connectivity index (χ2n) is 8.47. The Labute approximate surface area is 211 Å². The van der Waals surface area contributed by atoms with Crippen molar-refractivity contribution in [2.45, 2.75) is 97.3 Å². The summed E-state index contributed by atoms with van der Waals surface area (Å²) in [5.74, 6) is 1.20. The van der Waals surface area contributed by atoms with E-state index in [2.05, 4.69) is 35.5 Å². The monoisotopic (exact) mass is 491 g/mol. The number of likely N-dealkylation sites (N-methyl/N-ethyl adjacent to an activating group) is 1. The van der Waals surface area contributed by atoms with Crippen LogP contribution in [0.1, 0.15) is 73.1 Å². The molecule has 1 aliphatic heterocycles. The topological polar surface area (TPSA) is 79.5 Å². The first kappa shape index (κ1) is 32.5. The van der Waals surface area contributed by atoms with Crippen LogP contribution in [0.3, 0.4) is 0 Å². The minimum atomic E-state index is -0.352. The lowest BCUT2D eigenvalue weighted by atomic mass is 10.1. The molecule has 2 rings (SSSR count). The molecule has 1 aromatic carbocycles. The quantitative estimate of drug-likeness (QED) is 0.222. The summed E-state index contributed by atoms with van der Waals surface area (Å²) in [6, 6.07) is 6.80. The second-order valence-corrected chi connectivity index (χ2v) is 8.47. The van der Waals surface area contributed by atoms with Gasteiger partial charge in [-0.3, -0.25) is 4.79 Å². The van der Waals surface area contributed by atoms with E-state index in [9.17, 15) is 14.0 Å². The van der Waals surface area contributed by atoms with Gasteiger partial charge in [0.1, 0.15) is 17.9 Å². The number of carbonyl (C=O) groups excluding carboxylic acids is 2. The van der Waals surface area contributed by atoms with Crippen molar-refractivity contribution in [1.82, 2.24) is 16.0 Å². The standard InChI is InChI=1S/C16H22FNO.C9H18N2O2.C3H6/c1-3-14-8-9-15(18-14)7-4-12(2)19-16-10-5-13(17)6-11-16;1-4-7(6-12)11-9(13)8(5-2)10-3;1-3-2/h4-6,10-11,14-15,18H,3,7-9H2,1-2H3;6-8,10H,4-5H2,1-3H3,(H,11,13);3H,1H2,2H3/b12-4+;;/t14?,15-;7-,8?;/m10./s1. The number of benzene rings is 1. The molecule has 3 N–H and O–H groups in total. The normalized spacial score (nSPS) is 18.7. The fourth-order valence-electron chi connectivity index (χ4n) is 3.48. The Morgan fingerprint density at radius 3 is 2.26 bits per heavy atom. The summed E-state index contributed by atoms with van der Waals surface area (Å²) < 4.78 is 18.4. The minimum absolute atomic E-state index is 0.107. The molecule has 1 heterocycles. The molecule has 35 heavy (non-hydrogen) atoms. The van der Waals surface area contributed by atoms with Gasteiger partial charge in [-0.15, -0.1) is 6.58 Å². The van der Waals surface area contributed by atoms with Crippen LogP contribution in [0.25, 0.3) is 0 Å². The van der Waals surface area contributed by atoms with Crippen LogP contribution in [0, 0.1) is 5.82 Å². The van der Waals surface area contributed by atoms with Gasteiger partial charge in [-0.25, -0.2) is 4.39 Å². The number of ether oxygens (including phenoxy) is 1. The molecule has 4 atom stereocenters. The second kappa shape index (κ2) is 19.8. The Balaban J connectivity index is 0.000000632. The SMILES string of the molecule is C=CC.CCC(NC)C(=O)N[C@H](C=O)CC.CCC1CC[C@@H](C/C=C(\C)Oc2ccc(F)cc2)N1. The minimum Gasteiger partial charge on any atom is -0.462 e. The van der Waals surface area contributed by atoms with E-state index in [1.54, 1.807) is 25.3 Å². The van der Waals surface area contributed by atoms with Crippen molar-refractivity contribution in [3.63, 3.8) is 0 Å². The van der Waals surface area contributed by atoms with Crippen molar-refractivity contribution < 1.29 is 18.7 Å². The number of aldehydes is 1. The molecule has 1 amide bonds. The maximum Gasteiger partial charge on any atom is 0.237 e. The summed E-state index contributed by atoms with van der Waals surface area (Å²) in [4.78, 5) is 21.8. The molecule has 6 nitrogen and oxygen atoms in total. The number of rotatable bonds is 11. The number of nitrogens with one attached hydrogen (secondary N) is 3. The van der Waals surface area contributed by atoms with E-state index >= 15 is 0 Å². The van der Waals surface area contributed by atoms with Crippen molar-refractivity contribution in [3.05, 3.63) is 54.6 Å². The first-order chi connectivity index (χ1) is 16.8. The lowest BCUT2D eigenvalue weighted by Gasteiger charge is -2.16. The van der Waals surface area contributed by atoms with Crippen LogP contribution < -0.4 is 20.7 Å². The van der Waals surface area contributed by atoms with Gasteiger partial charge in [0, 0.05) is 12.1 Å². The van der Waals surface area contributed by atoms with Gasteiger partial charge in [0.2, 0.25) is 5.91 Å². The van der Waals surface area contributed by atoms with Gasteiger partial charge in [-0.1, -0.05) is 26.8 Å². The fraction of sp³-hybridized carbons (Fsp3) is 0.571. The van der Waals surface area contributed by atoms with Crippen LogP contribution in [0.2, 0.25) is 0 Å². The van der Waals surface area contributed by atoms with Gasteiger partial charge in [-0.2, -0.15) is 0 Å². The molecule has 1 aromatic rings.